The van der Waals surface area contributed by atoms with E-state index in [1.54, 1.807) is 0 Å². The summed E-state index contributed by atoms with van der Waals surface area (Å²) in [6.07, 6.45) is 21.9. The predicted molar refractivity (Wildman–Crippen MR) is 101 cm³/mol. The van der Waals surface area contributed by atoms with E-state index in [4.69, 9.17) is 9.78 Å². The lowest BCUT2D eigenvalue weighted by atomic mass is 10.0. The minimum atomic E-state index is -0.323. The van der Waals surface area contributed by atoms with Gasteiger partial charge in [-0.3, -0.25) is 0 Å². The third-order valence-electron chi connectivity index (χ3n) is 4.29. The van der Waals surface area contributed by atoms with Crippen LogP contribution in [0.2, 0.25) is 0 Å². The maximum Gasteiger partial charge on any atom is 0.0932 e. The fourth-order valence-electron chi connectivity index (χ4n) is 2.85. The summed E-state index contributed by atoms with van der Waals surface area (Å²) in [7, 11) is 0. The first-order valence-corrected chi connectivity index (χ1v) is 10.2. The molecular weight excluding hydrogens is 284 g/mol. The molecule has 0 unspecified atom stereocenters. The number of hydrogen-bond acceptors (Lipinski definition) is 2. The van der Waals surface area contributed by atoms with E-state index >= 15 is 0 Å². The van der Waals surface area contributed by atoms with Crippen LogP contribution in [0.1, 0.15) is 110 Å². The van der Waals surface area contributed by atoms with Crippen LogP contribution in [0.5, 0.6) is 0 Å². The summed E-state index contributed by atoms with van der Waals surface area (Å²) in [6, 6.07) is 0. The van der Waals surface area contributed by atoms with Gasteiger partial charge in [-0.05, 0) is 20.3 Å². The van der Waals surface area contributed by atoms with Gasteiger partial charge in [0.25, 0.3) is 0 Å². The van der Waals surface area contributed by atoms with Crippen molar-refractivity contribution in [2.24, 2.45) is 0 Å². The van der Waals surface area contributed by atoms with E-state index in [0.29, 0.717) is 6.61 Å². The zero-order valence-electron chi connectivity index (χ0n) is 15.8. The van der Waals surface area contributed by atoms with Crippen molar-refractivity contribution in [2.75, 3.05) is 6.61 Å². The van der Waals surface area contributed by atoms with Crippen LogP contribution in [0.15, 0.2) is 0 Å². The molecule has 0 aromatic heterocycles. The van der Waals surface area contributed by atoms with E-state index < -0.39 is 0 Å². The Kier molecular flexibility index (Phi) is 19.9. The molecular formula is C21H42O2. The van der Waals surface area contributed by atoms with Crippen LogP contribution >= 0.6 is 0 Å². The van der Waals surface area contributed by atoms with Crippen molar-refractivity contribution in [2.45, 2.75) is 116 Å². The van der Waals surface area contributed by atoms with Gasteiger partial charge < -0.3 is 0 Å². The van der Waals surface area contributed by atoms with Gasteiger partial charge in [0, 0.05) is 0 Å². The van der Waals surface area contributed by atoms with Crippen molar-refractivity contribution < 1.29 is 9.78 Å². The van der Waals surface area contributed by atoms with Crippen LogP contribution in [0.4, 0.5) is 0 Å². The Labute approximate surface area is 146 Å². The van der Waals surface area contributed by atoms with Crippen molar-refractivity contribution in [1.82, 2.24) is 0 Å². The Morgan fingerprint density at radius 3 is 1.26 bits per heavy atom. The van der Waals surface area contributed by atoms with Gasteiger partial charge in [-0.25, -0.2) is 9.78 Å². The molecule has 0 aromatic carbocycles. The maximum absolute atomic E-state index is 4.99. The Balaban J connectivity index is 2.95. The van der Waals surface area contributed by atoms with E-state index in [0.717, 1.165) is 6.42 Å². The second kappa shape index (κ2) is 20.0. The number of unbranched alkanes of at least 4 members (excludes halogenated alkanes) is 15. The second-order valence-electron chi connectivity index (χ2n) is 6.84. The van der Waals surface area contributed by atoms with Crippen molar-refractivity contribution in [3.63, 3.8) is 0 Å². The highest BCUT2D eigenvalue weighted by atomic mass is 17.2. The van der Waals surface area contributed by atoms with Gasteiger partial charge in [-0.1, -0.05) is 103 Å². The molecule has 0 bridgehead atoms. The Morgan fingerprint density at radius 2 is 0.913 bits per heavy atom. The van der Waals surface area contributed by atoms with Crippen LogP contribution < -0.4 is 0 Å². The van der Waals surface area contributed by atoms with Gasteiger partial charge in [-0.15, -0.1) is 0 Å². The lowest BCUT2D eigenvalue weighted by Crippen LogP contribution is -2.05. The molecule has 0 atom stereocenters. The van der Waals surface area contributed by atoms with Crippen LogP contribution in [-0.4, -0.2) is 12.7 Å². The zero-order chi connectivity index (χ0) is 17.0. The summed E-state index contributed by atoms with van der Waals surface area (Å²) >= 11 is 0. The predicted octanol–water partition coefficient (Wildman–Crippen LogP) is 7.23. The summed E-state index contributed by atoms with van der Waals surface area (Å²) in [5.74, 6) is 0. The fraction of sp³-hybridized carbons (Fsp3) is 0.905. The third-order valence-corrected chi connectivity index (χ3v) is 4.29. The first-order chi connectivity index (χ1) is 11.3. The lowest BCUT2D eigenvalue weighted by molar-refractivity contribution is -0.306. The largest absolute Gasteiger partial charge is 0.236 e. The van der Waals surface area contributed by atoms with Gasteiger partial charge >= 0.3 is 0 Å². The minimum absolute atomic E-state index is 0.323. The summed E-state index contributed by atoms with van der Waals surface area (Å²) in [4.78, 5) is 9.83. The fourth-order valence-corrected chi connectivity index (χ4v) is 2.85. The van der Waals surface area contributed by atoms with E-state index in [9.17, 15) is 0 Å². The lowest BCUT2D eigenvalue weighted by Gasteiger charge is -2.06. The smallest absolute Gasteiger partial charge is 0.0932 e. The molecule has 23 heavy (non-hydrogen) atoms. The molecule has 2 nitrogen and oxygen atoms in total. The normalized spacial score (nSPS) is 11.5. The van der Waals surface area contributed by atoms with Gasteiger partial charge in [0.05, 0.1) is 12.7 Å². The van der Waals surface area contributed by atoms with Crippen molar-refractivity contribution in [1.29, 1.82) is 0 Å². The topological polar surface area (TPSA) is 18.5 Å². The maximum atomic E-state index is 4.99. The molecule has 0 heterocycles. The third kappa shape index (κ3) is 21.9. The summed E-state index contributed by atoms with van der Waals surface area (Å²) in [5, 5.41) is 0. The Morgan fingerprint density at radius 1 is 0.565 bits per heavy atom. The number of hydrogen-bond donors (Lipinski definition) is 0. The highest BCUT2D eigenvalue weighted by Gasteiger charge is 1.96. The van der Waals surface area contributed by atoms with E-state index in [2.05, 4.69) is 20.8 Å². The average Bonchev–Trinajstić information content (AvgIpc) is 2.53. The SMILES string of the molecule is [CH2]C([CH2])OOCCCCCCCCCCCCCCCCCC. The molecule has 0 aliphatic heterocycles. The molecule has 0 amide bonds. The molecule has 0 spiro atoms. The molecule has 0 saturated heterocycles. The molecule has 0 rings (SSSR count). The molecule has 0 fully saturated rings. The van der Waals surface area contributed by atoms with Gasteiger partial charge in [-0.2, -0.15) is 0 Å². The molecule has 0 N–H and O–H groups in total. The standard InChI is InChI=1S/C21H42O2/c1-4-5-6-7-8-9-10-11-12-13-14-15-16-17-18-19-20-22-23-21(2)3/h21H,2-20H2,1H3. The van der Waals surface area contributed by atoms with Crippen LogP contribution in [0.25, 0.3) is 0 Å². The summed E-state index contributed by atoms with van der Waals surface area (Å²) in [5.41, 5.74) is 0. The van der Waals surface area contributed by atoms with E-state index in [-0.39, 0.29) is 6.10 Å². The van der Waals surface area contributed by atoms with Crippen molar-refractivity contribution >= 4 is 0 Å². The van der Waals surface area contributed by atoms with Gasteiger partial charge in [0.2, 0.25) is 0 Å². The van der Waals surface area contributed by atoms with Crippen LogP contribution in [0.3, 0.4) is 0 Å². The average molecular weight is 327 g/mol. The van der Waals surface area contributed by atoms with Crippen LogP contribution in [-0.2, 0) is 9.78 Å². The monoisotopic (exact) mass is 326 g/mol. The molecule has 2 radical (unpaired) electrons. The highest BCUT2D eigenvalue weighted by Crippen LogP contribution is 2.13. The van der Waals surface area contributed by atoms with E-state index in [1.807, 2.05) is 0 Å². The van der Waals surface area contributed by atoms with Crippen molar-refractivity contribution in [3.8, 4) is 0 Å². The minimum Gasteiger partial charge on any atom is -0.236 e. The Hall–Kier alpha value is -0.0800. The summed E-state index contributed by atoms with van der Waals surface area (Å²) in [6.45, 7) is 10.1. The quantitative estimate of drug-likeness (QED) is 0.141. The Bertz CT molecular complexity index is 204. The van der Waals surface area contributed by atoms with Crippen LogP contribution in [0, 0.1) is 13.8 Å². The number of rotatable bonds is 19. The second-order valence-corrected chi connectivity index (χ2v) is 6.84. The first-order valence-electron chi connectivity index (χ1n) is 10.2. The highest BCUT2D eigenvalue weighted by molar-refractivity contribution is 4.57. The molecule has 2 heteroatoms. The summed E-state index contributed by atoms with van der Waals surface area (Å²) < 4.78 is 0. The van der Waals surface area contributed by atoms with Crippen molar-refractivity contribution in [3.05, 3.63) is 13.8 Å². The van der Waals surface area contributed by atoms with E-state index in [1.165, 1.54) is 96.3 Å². The molecule has 0 aromatic rings. The van der Waals surface area contributed by atoms with Gasteiger partial charge in [0.15, 0.2) is 0 Å². The molecule has 0 aliphatic carbocycles. The zero-order valence-corrected chi connectivity index (χ0v) is 15.8. The first kappa shape index (κ1) is 22.9. The van der Waals surface area contributed by atoms with Gasteiger partial charge in [0.1, 0.15) is 0 Å². The molecule has 0 saturated carbocycles. The molecule has 138 valence electrons. The molecule has 0 aliphatic rings.